The number of ether oxygens (including phenoxy) is 2. The maximum Gasteiger partial charge on any atom is 0.234 e. The second-order valence-electron chi connectivity index (χ2n) is 7.62. The fourth-order valence-electron chi connectivity index (χ4n) is 4.06. The Kier molecular flexibility index (Phi) is 6.57. The van der Waals surface area contributed by atoms with Crippen molar-refractivity contribution in [3.05, 3.63) is 58.6 Å². The number of rotatable bonds is 6. The summed E-state index contributed by atoms with van der Waals surface area (Å²) in [6.45, 7) is 3.33. The van der Waals surface area contributed by atoms with Crippen LogP contribution < -0.4 is 14.8 Å². The highest BCUT2D eigenvalue weighted by molar-refractivity contribution is 6.30. The Balaban J connectivity index is 1.32. The molecule has 1 amide bonds. The summed E-state index contributed by atoms with van der Waals surface area (Å²) in [5.74, 6) is 1.70. The molecule has 2 aromatic rings. The van der Waals surface area contributed by atoms with Crippen molar-refractivity contribution < 1.29 is 14.3 Å². The number of amides is 1. The summed E-state index contributed by atoms with van der Waals surface area (Å²) in [7, 11) is 0. The van der Waals surface area contributed by atoms with Crippen LogP contribution in [0.4, 0.5) is 0 Å². The topological polar surface area (TPSA) is 50.8 Å². The molecule has 5 nitrogen and oxygen atoms in total. The van der Waals surface area contributed by atoms with E-state index in [9.17, 15) is 4.79 Å². The predicted molar refractivity (Wildman–Crippen MR) is 114 cm³/mol. The van der Waals surface area contributed by atoms with Crippen LogP contribution in [-0.4, -0.2) is 43.7 Å². The maximum atomic E-state index is 12.5. The normalized spacial score (nSPS) is 19.0. The van der Waals surface area contributed by atoms with Gasteiger partial charge in [0.25, 0.3) is 0 Å². The summed E-state index contributed by atoms with van der Waals surface area (Å²) < 4.78 is 11.6. The third-order valence-electron chi connectivity index (χ3n) is 5.49. The molecule has 1 N–H and O–H groups in total. The minimum Gasteiger partial charge on any atom is -0.490 e. The van der Waals surface area contributed by atoms with E-state index in [1.165, 1.54) is 5.56 Å². The SMILES string of the molecule is O=C(CN1CCC[C@H]1c1ccc2c(c1)OCCCO2)NCCc1cccc(Cl)c1. The van der Waals surface area contributed by atoms with Gasteiger partial charge in [-0.2, -0.15) is 0 Å². The largest absolute Gasteiger partial charge is 0.490 e. The molecule has 1 fully saturated rings. The molecule has 0 saturated carbocycles. The number of benzene rings is 2. The number of hydrogen-bond acceptors (Lipinski definition) is 4. The Labute approximate surface area is 176 Å². The van der Waals surface area contributed by atoms with Gasteiger partial charge in [0, 0.05) is 24.0 Å². The molecule has 0 aliphatic carbocycles. The Morgan fingerprint density at radius 3 is 2.83 bits per heavy atom. The van der Waals surface area contributed by atoms with Gasteiger partial charge in [-0.3, -0.25) is 9.69 Å². The van der Waals surface area contributed by atoms with Crippen molar-refractivity contribution in [3.63, 3.8) is 0 Å². The summed E-state index contributed by atoms with van der Waals surface area (Å²) in [6, 6.07) is 14.2. The molecule has 6 heteroatoms. The number of likely N-dealkylation sites (tertiary alicyclic amines) is 1. The van der Waals surface area contributed by atoms with Gasteiger partial charge in [0.15, 0.2) is 11.5 Å². The lowest BCUT2D eigenvalue weighted by atomic mass is 10.0. The first-order valence-corrected chi connectivity index (χ1v) is 10.7. The molecule has 2 aliphatic heterocycles. The number of nitrogens with zero attached hydrogens (tertiary/aromatic N) is 1. The van der Waals surface area contributed by atoms with Crippen molar-refractivity contribution >= 4 is 17.5 Å². The molecule has 1 saturated heterocycles. The number of carbonyl (C=O) groups is 1. The molecule has 0 spiro atoms. The molecule has 2 heterocycles. The zero-order valence-corrected chi connectivity index (χ0v) is 17.3. The Hall–Kier alpha value is -2.24. The summed E-state index contributed by atoms with van der Waals surface area (Å²) in [5.41, 5.74) is 2.32. The Morgan fingerprint density at radius 2 is 1.97 bits per heavy atom. The van der Waals surface area contributed by atoms with Crippen molar-refractivity contribution in [1.82, 2.24) is 10.2 Å². The molecular weight excluding hydrogens is 388 g/mol. The first-order valence-electron chi connectivity index (χ1n) is 10.3. The quantitative estimate of drug-likeness (QED) is 0.776. The van der Waals surface area contributed by atoms with Crippen LogP contribution >= 0.6 is 11.6 Å². The lowest BCUT2D eigenvalue weighted by Crippen LogP contribution is -2.37. The summed E-state index contributed by atoms with van der Waals surface area (Å²) >= 11 is 6.02. The van der Waals surface area contributed by atoms with Crippen LogP contribution in [0.2, 0.25) is 5.02 Å². The molecule has 29 heavy (non-hydrogen) atoms. The number of nitrogens with one attached hydrogen (secondary N) is 1. The molecular formula is C23H27ClN2O3. The van der Waals surface area contributed by atoms with Gasteiger partial charge in [-0.05, 0) is 61.2 Å². The second kappa shape index (κ2) is 9.51. The Bertz CT molecular complexity index is 858. The Morgan fingerprint density at radius 1 is 1.10 bits per heavy atom. The molecule has 4 rings (SSSR count). The van der Waals surface area contributed by atoms with E-state index in [2.05, 4.69) is 22.3 Å². The highest BCUT2D eigenvalue weighted by Gasteiger charge is 2.28. The zero-order valence-electron chi connectivity index (χ0n) is 16.5. The van der Waals surface area contributed by atoms with Crippen molar-refractivity contribution in [3.8, 4) is 11.5 Å². The van der Waals surface area contributed by atoms with E-state index in [1.807, 2.05) is 30.3 Å². The zero-order chi connectivity index (χ0) is 20.1. The van der Waals surface area contributed by atoms with E-state index in [0.29, 0.717) is 26.3 Å². The molecule has 2 aromatic carbocycles. The van der Waals surface area contributed by atoms with Gasteiger partial charge < -0.3 is 14.8 Å². The summed E-state index contributed by atoms with van der Waals surface area (Å²) in [4.78, 5) is 14.7. The van der Waals surface area contributed by atoms with E-state index in [4.69, 9.17) is 21.1 Å². The van der Waals surface area contributed by atoms with Gasteiger partial charge >= 0.3 is 0 Å². The van der Waals surface area contributed by atoms with Gasteiger partial charge in [-0.1, -0.05) is 29.8 Å². The molecule has 0 aromatic heterocycles. The third-order valence-corrected chi connectivity index (χ3v) is 5.73. The van der Waals surface area contributed by atoms with Crippen LogP contribution in [0.15, 0.2) is 42.5 Å². The van der Waals surface area contributed by atoms with Crippen LogP contribution in [0, 0.1) is 0 Å². The standard InChI is InChI=1S/C23H27ClN2O3/c24-19-5-1-4-17(14-19)9-10-25-23(27)16-26-11-2-6-20(26)18-7-8-21-22(15-18)29-13-3-12-28-21/h1,4-5,7-8,14-15,20H,2-3,6,9-13,16H2,(H,25,27)/t20-/m0/s1. The number of halogens is 1. The smallest absolute Gasteiger partial charge is 0.234 e. The molecule has 0 bridgehead atoms. The van der Waals surface area contributed by atoms with E-state index in [-0.39, 0.29) is 11.9 Å². The fourth-order valence-corrected chi connectivity index (χ4v) is 4.27. The number of hydrogen-bond donors (Lipinski definition) is 1. The maximum absolute atomic E-state index is 12.5. The van der Waals surface area contributed by atoms with E-state index < -0.39 is 0 Å². The van der Waals surface area contributed by atoms with E-state index >= 15 is 0 Å². The number of carbonyl (C=O) groups excluding carboxylic acids is 1. The lowest BCUT2D eigenvalue weighted by Gasteiger charge is -2.25. The van der Waals surface area contributed by atoms with Crippen LogP contribution in [0.5, 0.6) is 11.5 Å². The van der Waals surface area contributed by atoms with Gasteiger partial charge in [0.2, 0.25) is 5.91 Å². The average molecular weight is 415 g/mol. The van der Waals surface area contributed by atoms with Crippen LogP contribution in [0.1, 0.15) is 36.4 Å². The second-order valence-corrected chi connectivity index (χ2v) is 8.05. The average Bonchev–Trinajstić information content (AvgIpc) is 3.03. The fraction of sp³-hybridized carbons (Fsp3) is 0.435. The monoisotopic (exact) mass is 414 g/mol. The van der Waals surface area contributed by atoms with Crippen molar-refractivity contribution in [2.75, 3.05) is 32.8 Å². The first-order chi connectivity index (χ1) is 14.2. The molecule has 1 atom stereocenters. The van der Waals surface area contributed by atoms with Crippen LogP contribution in [0.3, 0.4) is 0 Å². The van der Waals surface area contributed by atoms with E-state index in [1.54, 1.807) is 0 Å². The highest BCUT2D eigenvalue weighted by Crippen LogP contribution is 2.37. The van der Waals surface area contributed by atoms with Crippen LogP contribution in [0.25, 0.3) is 0 Å². The molecule has 2 aliphatic rings. The van der Waals surface area contributed by atoms with Crippen molar-refractivity contribution in [1.29, 1.82) is 0 Å². The van der Waals surface area contributed by atoms with E-state index in [0.717, 1.165) is 54.3 Å². The van der Waals surface area contributed by atoms with Gasteiger partial charge in [0.1, 0.15) is 0 Å². The summed E-state index contributed by atoms with van der Waals surface area (Å²) in [6.07, 6.45) is 3.82. The molecule has 0 unspecified atom stereocenters. The predicted octanol–water partition coefficient (Wildman–Crippen LogP) is 4.00. The van der Waals surface area contributed by atoms with Crippen molar-refractivity contribution in [2.24, 2.45) is 0 Å². The summed E-state index contributed by atoms with van der Waals surface area (Å²) in [5, 5.41) is 3.77. The molecule has 154 valence electrons. The highest BCUT2D eigenvalue weighted by atomic mass is 35.5. The van der Waals surface area contributed by atoms with Gasteiger partial charge in [-0.25, -0.2) is 0 Å². The third kappa shape index (κ3) is 5.22. The first kappa shape index (κ1) is 20.0. The minimum absolute atomic E-state index is 0.0632. The van der Waals surface area contributed by atoms with Crippen LogP contribution in [-0.2, 0) is 11.2 Å². The minimum atomic E-state index is 0.0632. The van der Waals surface area contributed by atoms with Gasteiger partial charge in [-0.15, -0.1) is 0 Å². The number of fused-ring (bicyclic) bond motifs is 1. The van der Waals surface area contributed by atoms with Crippen molar-refractivity contribution in [2.45, 2.75) is 31.7 Å². The lowest BCUT2D eigenvalue weighted by molar-refractivity contribution is -0.122. The molecule has 0 radical (unpaired) electrons. The van der Waals surface area contributed by atoms with Gasteiger partial charge in [0.05, 0.1) is 19.8 Å².